The third-order valence-corrected chi connectivity index (χ3v) is 3.13. The van der Waals surface area contributed by atoms with Gasteiger partial charge in [0.2, 0.25) is 11.9 Å². The molecule has 8 nitrogen and oxygen atoms in total. The summed E-state index contributed by atoms with van der Waals surface area (Å²) in [6, 6.07) is 0.236. The molecule has 1 saturated heterocycles. The molecule has 1 unspecified atom stereocenters. The monoisotopic (exact) mass is 296 g/mol. The summed E-state index contributed by atoms with van der Waals surface area (Å²) in [6.07, 6.45) is 0.102. The highest BCUT2D eigenvalue weighted by Crippen LogP contribution is 2.11. The molecule has 0 spiro atoms. The van der Waals surface area contributed by atoms with Gasteiger partial charge in [0.15, 0.2) is 0 Å². The zero-order valence-electron chi connectivity index (χ0n) is 12.9. The van der Waals surface area contributed by atoms with E-state index in [1.807, 2.05) is 13.8 Å². The second kappa shape index (κ2) is 7.37. The van der Waals surface area contributed by atoms with Crippen LogP contribution in [0.4, 0.5) is 11.9 Å². The Balaban J connectivity index is 1.91. The second-order valence-electron chi connectivity index (χ2n) is 5.23. The van der Waals surface area contributed by atoms with Crippen LogP contribution in [0.5, 0.6) is 6.01 Å². The van der Waals surface area contributed by atoms with Gasteiger partial charge in [-0.25, -0.2) is 0 Å². The molecule has 1 aromatic heterocycles. The number of rotatable bonds is 6. The first-order valence-electron chi connectivity index (χ1n) is 7.33. The maximum absolute atomic E-state index is 5.72. The van der Waals surface area contributed by atoms with Gasteiger partial charge in [-0.3, -0.25) is 4.90 Å². The van der Waals surface area contributed by atoms with E-state index in [4.69, 9.17) is 15.2 Å². The minimum Gasteiger partial charge on any atom is -0.461 e. The summed E-state index contributed by atoms with van der Waals surface area (Å²) >= 11 is 0. The van der Waals surface area contributed by atoms with E-state index >= 15 is 0 Å². The lowest BCUT2D eigenvalue weighted by Gasteiger charge is -2.32. The fourth-order valence-electron chi connectivity index (χ4n) is 2.11. The van der Waals surface area contributed by atoms with E-state index in [-0.39, 0.29) is 24.2 Å². The smallest absolute Gasteiger partial charge is 0.323 e. The second-order valence-corrected chi connectivity index (χ2v) is 5.23. The van der Waals surface area contributed by atoms with Crippen LogP contribution >= 0.6 is 0 Å². The summed E-state index contributed by atoms with van der Waals surface area (Å²) in [7, 11) is 0. The van der Waals surface area contributed by atoms with Crippen molar-refractivity contribution >= 4 is 11.9 Å². The molecule has 118 valence electrons. The molecule has 0 amide bonds. The number of hydrogen-bond donors (Lipinski definition) is 2. The van der Waals surface area contributed by atoms with Crippen LogP contribution in [0.2, 0.25) is 0 Å². The molecule has 0 aliphatic carbocycles. The summed E-state index contributed by atoms with van der Waals surface area (Å²) in [5, 5.41) is 3.14. The number of morpholine rings is 1. The Bertz CT molecular complexity index is 456. The van der Waals surface area contributed by atoms with Crippen LogP contribution in [0.3, 0.4) is 0 Å². The lowest BCUT2D eigenvalue weighted by molar-refractivity contribution is -0.0192. The predicted octanol–water partition coefficient (Wildman–Crippen LogP) is 0.374. The molecule has 1 aliphatic rings. The Hall–Kier alpha value is -1.67. The van der Waals surface area contributed by atoms with E-state index in [9.17, 15) is 0 Å². The van der Waals surface area contributed by atoms with Crippen LogP contribution in [-0.4, -0.2) is 64.8 Å². The summed E-state index contributed by atoms with van der Waals surface area (Å²) < 4.78 is 11.2. The summed E-state index contributed by atoms with van der Waals surface area (Å²) in [6.45, 7) is 10.3. The average molecular weight is 296 g/mol. The SMILES string of the molecule is CCN1CCOC(CNc2nc(N)nc(OC(C)C)n2)C1. The van der Waals surface area contributed by atoms with Crippen LogP contribution in [0.15, 0.2) is 0 Å². The third-order valence-electron chi connectivity index (χ3n) is 3.13. The number of hydrogen-bond acceptors (Lipinski definition) is 8. The maximum atomic E-state index is 5.72. The maximum Gasteiger partial charge on any atom is 0.323 e. The molecule has 1 atom stereocenters. The zero-order valence-corrected chi connectivity index (χ0v) is 12.9. The van der Waals surface area contributed by atoms with Gasteiger partial charge in [-0.15, -0.1) is 0 Å². The first-order valence-corrected chi connectivity index (χ1v) is 7.33. The van der Waals surface area contributed by atoms with Gasteiger partial charge < -0.3 is 20.5 Å². The number of anilines is 2. The number of nitrogen functional groups attached to an aromatic ring is 1. The number of aromatic nitrogens is 3. The van der Waals surface area contributed by atoms with E-state index in [0.29, 0.717) is 12.5 Å². The summed E-state index contributed by atoms with van der Waals surface area (Å²) in [4.78, 5) is 14.6. The standard InChI is InChI=1S/C13H24N6O2/c1-4-19-5-6-20-10(8-19)7-15-12-16-11(14)17-13(18-12)21-9(2)3/h9-10H,4-8H2,1-3H3,(H3,14,15,16,17,18). The molecule has 0 bridgehead atoms. The highest BCUT2D eigenvalue weighted by molar-refractivity contribution is 5.32. The van der Waals surface area contributed by atoms with Crippen molar-refractivity contribution in [1.29, 1.82) is 0 Å². The van der Waals surface area contributed by atoms with E-state index in [0.717, 1.165) is 26.2 Å². The van der Waals surface area contributed by atoms with Crippen molar-refractivity contribution < 1.29 is 9.47 Å². The predicted molar refractivity (Wildman–Crippen MR) is 80.3 cm³/mol. The van der Waals surface area contributed by atoms with Crippen LogP contribution < -0.4 is 15.8 Å². The van der Waals surface area contributed by atoms with Crippen molar-refractivity contribution in [3.8, 4) is 6.01 Å². The fraction of sp³-hybridized carbons (Fsp3) is 0.769. The number of likely N-dealkylation sites (N-methyl/N-ethyl adjacent to an activating group) is 1. The first-order chi connectivity index (χ1) is 10.1. The van der Waals surface area contributed by atoms with Gasteiger partial charge in [0.25, 0.3) is 0 Å². The van der Waals surface area contributed by atoms with Gasteiger partial charge in [-0.1, -0.05) is 6.92 Å². The largest absolute Gasteiger partial charge is 0.461 e. The van der Waals surface area contributed by atoms with Gasteiger partial charge in [0.05, 0.1) is 18.8 Å². The van der Waals surface area contributed by atoms with Gasteiger partial charge >= 0.3 is 6.01 Å². The molecule has 8 heteroatoms. The van der Waals surface area contributed by atoms with Gasteiger partial charge in [-0.05, 0) is 20.4 Å². The Kier molecular flexibility index (Phi) is 5.51. The van der Waals surface area contributed by atoms with Gasteiger partial charge in [0.1, 0.15) is 0 Å². The molecule has 1 fully saturated rings. The zero-order chi connectivity index (χ0) is 15.2. The molecular weight excluding hydrogens is 272 g/mol. The highest BCUT2D eigenvalue weighted by atomic mass is 16.5. The van der Waals surface area contributed by atoms with E-state index in [2.05, 4.69) is 32.1 Å². The van der Waals surface area contributed by atoms with Crippen LogP contribution in [0, 0.1) is 0 Å². The van der Waals surface area contributed by atoms with Crippen molar-refractivity contribution in [2.75, 3.05) is 43.8 Å². The topological polar surface area (TPSA) is 98.4 Å². The number of nitrogens with zero attached hydrogens (tertiary/aromatic N) is 4. The molecule has 21 heavy (non-hydrogen) atoms. The molecule has 1 aromatic rings. The summed E-state index contributed by atoms with van der Waals surface area (Å²) in [5.41, 5.74) is 5.67. The number of nitrogens with two attached hydrogens (primary N) is 1. The summed E-state index contributed by atoms with van der Waals surface area (Å²) in [5.74, 6) is 0.554. The van der Waals surface area contributed by atoms with Crippen LogP contribution in [0.25, 0.3) is 0 Å². The molecule has 2 heterocycles. The molecular formula is C13H24N6O2. The van der Waals surface area contributed by atoms with Crippen molar-refractivity contribution in [2.45, 2.75) is 33.0 Å². The Morgan fingerprint density at radius 1 is 1.43 bits per heavy atom. The van der Waals surface area contributed by atoms with E-state index in [1.54, 1.807) is 0 Å². The minimum absolute atomic E-state index is 0.0144. The average Bonchev–Trinajstić information content (AvgIpc) is 2.44. The quantitative estimate of drug-likeness (QED) is 0.777. The molecule has 0 saturated carbocycles. The van der Waals surface area contributed by atoms with E-state index < -0.39 is 0 Å². The van der Waals surface area contributed by atoms with Crippen molar-refractivity contribution in [3.05, 3.63) is 0 Å². The van der Waals surface area contributed by atoms with Crippen molar-refractivity contribution in [1.82, 2.24) is 19.9 Å². The third kappa shape index (κ3) is 4.98. The highest BCUT2D eigenvalue weighted by Gasteiger charge is 2.19. The number of ether oxygens (including phenoxy) is 2. The minimum atomic E-state index is -0.0144. The fourth-order valence-corrected chi connectivity index (χ4v) is 2.11. The first kappa shape index (κ1) is 15.7. The van der Waals surface area contributed by atoms with Gasteiger partial charge in [-0.2, -0.15) is 15.0 Å². The normalized spacial score (nSPS) is 19.7. The van der Waals surface area contributed by atoms with Crippen molar-refractivity contribution in [2.24, 2.45) is 0 Å². The Morgan fingerprint density at radius 2 is 2.24 bits per heavy atom. The molecule has 3 N–H and O–H groups in total. The molecule has 0 aromatic carbocycles. The lowest BCUT2D eigenvalue weighted by Crippen LogP contribution is -2.45. The molecule has 2 rings (SSSR count). The van der Waals surface area contributed by atoms with Crippen LogP contribution in [-0.2, 0) is 4.74 Å². The molecule has 1 aliphatic heterocycles. The van der Waals surface area contributed by atoms with E-state index in [1.165, 1.54) is 0 Å². The van der Waals surface area contributed by atoms with Gasteiger partial charge in [0, 0.05) is 19.6 Å². The van der Waals surface area contributed by atoms with Crippen molar-refractivity contribution in [3.63, 3.8) is 0 Å². The molecule has 0 radical (unpaired) electrons. The van der Waals surface area contributed by atoms with Crippen LogP contribution in [0.1, 0.15) is 20.8 Å². The lowest BCUT2D eigenvalue weighted by atomic mass is 10.2. The Labute approximate surface area is 125 Å². The Morgan fingerprint density at radius 3 is 2.95 bits per heavy atom. The number of nitrogens with one attached hydrogen (secondary N) is 1.